The van der Waals surface area contributed by atoms with Crippen molar-refractivity contribution in [2.24, 2.45) is 4.99 Å². The van der Waals surface area contributed by atoms with Gasteiger partial charge in [-0.25, -0.2) is 0 Å². The van der Waals surface area contributed by atoms with E-state index in [9.17, 15) is 4.79 Å². The van der Waals surface area contributed by atoms with Crippen LogP contribution in [0.1, 0.15) is 12.2 Å². The van der Waals surface area contributed by atoms with Crippen molar-refractivity contribution in [3.05, 3.63) is 66.9 Å². The lowest BCUT2D eigenvalue weighted by molar-refractivity contribution is 0.568. The van der Waals surface area contributed by atoms with Crippen LogP contribution in [0.15, 0.2) is 50.6 Å². The number of nitrogens with zero attached hydrogens (tertiary/aromatic N) is 2. The number of benzene rings is 1. The van der Waals surface area contributed by atoms with Crippen LogP contribution in [-0.4, -0.2) is 11.1 Å². The Kier molecular flexibility index (Phi) is 3.67. The molecule has 1 aromatic carbocycles. The fourth-order valence-electron chi connectivity index (χ4n) is 2.58. The maximum atomic E-state index is 12.4. The van der Waals surface area contributed by atoms with Crippen LogP contribution in [0.4, 0.5) is 0 Å². The van der Waals surface area contributed by atoms with Crippen LogP contribution in [0.3, 0.4) is 0 Å². The Morgan fingerprint density at radius 1 is 1.30 bits per heavy atom. The van der Waals surface area contributed by atoms with E-state index in [0.717, 1.165) is 35.6 Å². The second kappa shape index (κ2) is 5.83. The molecule has 3 heterocycles. The lowest BCUT2D eigenvalue weighted by atomic mass is 10.2. The average Bonchev–Trinajstić information content (AvgIpc) is 3.14. The molecule has 1 aliphatic rings. The van der Waals surface area contributed by atoms with Crippen molar-refractivity contribution >= 4 is 29.0 Å². The van der Waals surface area contributed by atoms with Crippen LogP contribution in [0.2, 0.25) is 5.02 Å². The zero-order valence-electron chi connectivity index (χ0n) is 12.2. The normalized spacial score (nSPS) is 14.6. The van der Waals surface area contributed by atoms with E-state index in [1.165, 1.54) is 11.3 Å². The fraction of sp³-hybridized carbons (Fsp3) is 0.176. The number of hydrogen-bond acceptors (Lipinski definition) is 4. The molecule has 0 bridgehead atoms. The standard InChI is InChI=1S/C17H13ClN2O2S/c18-12-4-1-3-11(9-12)14-6-5-13(22-14)10-15-16(21)20-8-2-7-19-17(20)23-15/h1,3-6,9-10H,2,7-8H2/b15-10-. The molecule has 0 radical (unpaired) electrons. The van der Waals surface area contributed by atoms with Crippen LogP contribution in [0.5, 0.6) is 0 Å². The molecule has 4 rings (SSSR count). The summed E-state index contributed by atoms with van der Waals surface area (Å²) >= 11 is 7.42. The van der Waals surface area contributed by atoms with Crippen molar-refractivity contribution < 1.29 is 4.42 Å². The van der Waals surface area contributed by atoms with Crippen LogP contribution in [0, 0.1) is 0 Å². The first kappa shape index (κ1) is 14.5. The highest BCUT2D eigenvalue weighted by Gasteiger charge is 2.10. The summed E-state index contributed by atoms with van der Waals surface area (Å²) in [5, 5.41) is 0.662. The van der Waals surface area contributed by atoms with Crippen molar-refractivity contribution in [2.75, 3.05) is 6.54 Å². The van der Waals surface area contributed by atoms with Gasteiger partial charge in [0, 0.05) is 29.8 Å². The minimum atomic E-state index is 0.00848. The van der Waals surface area contributed by atoms with Crippen molar-refractivity contribution in [1.82, 2.24) is 4.57 Å². The molecule has 0 saturated heterocycles. The van der Waals surface area contributed by atoms with Gasteiger partial charge in [0.05, 0.1) is 4.53 Å². The summed E-state index contributed by atoms with van der Waals surface area (Å²) < 4.78 is 8.22. The van der Waals surface area contributed by atoms with E-state index < -0.39 is 0 Å². The van der Waals surface area contributed by atoms with Gasteiger partial charge in [-0.15, -0.1) is 0 Å². The third-order valence-electron chi connectivity index (χ3n) is 3.68. The smallest absolute Gasteiger partial charge is 0.270 e. The summed E-state index contributed by atoms with van der Waals surface area (Å²) in [6.07, 6.45) is 2.70. The minimum absolute atomic E-state index is 0.00848. The highest BCUT2D eigenvalue weighted by molar-refractivity contribution is 7.07. The minimum Gasteiger partial charge on any atom is -0.457 e. The zero-order valence-corrected chi connectivity index (χ0v) is 13.7. The Bertz CT molecular complexity index is 1050. The van der Waals surface area contributed by atoms with Crippen LogP contribution in [0.25, 0.3) is 17.4 Å². The third kappa shape index (κ3) is 2.78. The van der Waals surface area contributed by atoms with Crippen LogP contribution in [-0.2, 0) is 6.54 Å². The van der Waals surface area contributed by atoms with Gasteiger partial charge in [0.15, 0.2) is 4.80 Å². The van der Waals surface area contributed by atoms with E-state index in [4.69, 9.17) is 16.0 Å². The van der Waals surface area contributed by atoms with E-state index in [-0.39, 0.29) is 5.56 Å². The topological polar surface area (TPSA) is 47.5 Å². The molecule has 0 saturated carbocycles. The van der Waals surface area contributed by atoms with E-state index in [2.05, 4.69) is 4.99 Å². The molecular weight excluding hydrogens is 332 g/mol. The maximum absolute atomic E-state index is 12.4. The Morgan fingerprint density at radius 3 is 3.04 bits per heavy atom. The highest BCUT2D eigenvalue weighted by Crippen LogP contribution is 2.24. The first-order chi connectivity index (χ1) is 11.2. The summed E-state index contributed by atoms with van der Waals surface area (Å²) in [5.74, 6) is 1.38. The highest BCUT2D eigenvalue weighted by atomic mass is 35.5. The first-order valence-electron chi connectivity index (χ1n) is 7.32. The van der Waals surface area contributed by atoms with Gasteiger partial charge in [0.25, 0.3) is 5.56 Å². The number of rotatable bonds is 2. The van der Waals surface area contributed by atoms with Crippen molar-refractivity contribution in [2.45, 2.75) is 13.0 Å². The zero-order chi connectivity index (χ0) is 15.8. The second-order valence-electron chi connectivity index (χ2n) is 5.30. The molecule has 0 aliphatic carbocycles. The molecule has 23 heavy (non-hydrogen) atoms. The summed E-state index contributed by atoms with van der Waals surface area (Å²) in [6.45, 7) is 1.53. The van der Waals surface area contributed by atoms with Gasteiger partial charge < -0.3 is 4.42 Å². The van der Waals surface area contributed by atoms with Gasteiger partial charge in [0.1, 0.15) is 11.5 Å². The molecule has 0 atom stereocenters. The molecule has 2 aromatic heterocycles. The van der Waals surface area contributed by atoms with E-state index in [1.807, 2.05) is 36.4 Å². The Labute approximate surface area is 141 Å². The van der Waals surface area contributed by atoms with Crippen LogP contribution < -0.4 is 14.9 Å². The van der Waals surface area contributed by atoms with Gasteiger partial charge in [-0.2, -0.15) is 0 Å². The molecule has 3 aromatic rings. The Hall–Kier alpha value is -2.11. The molecule has 0 spiro atoms. The lowest BCUT2D eigenvalue weighted by Gasteiger charge is -2.03. The second-order valence-corrected chi connectivity index (χ2v) is 6.74. The summed E-state index contributed by atoms with van der Waals surface area (Å²) in [5.41, 5.74) is 0.920. The molecule has 1 aliphatic heterocycles. The Morgan fingerprint density at radius 2 is 2.22 bits per heavy atom. The number of halogens is 1. The molecule has 0 fully saturated rings. The quantitative estimate of drug-likeness (QED) is 0.717. The molecule has 0 N–H and O–H groups in total. The Balaban J connectivity index is 1.76. The molecule has 0 unspecified atom stereocenters. The predicted octanol–water partition coefficient (Wildman–Crippen LogP) is 2.68. The number of hydrogen-bond donors (Lipinski definition) is 0. The summed E-state index contributed by atoms with van der Waals surface area (Å²) in [7, 11) is 0. The molecular formula is C17H13ClN2O2S. The van der Waals surface area contributed by atoms with E-state index >= 15 is 0 Å². The molecule has 0 amide bonds. The van der Waals surface area contributed by atoms with Gasteiger partial charge >= 0.3 is 0 Å². The molecule has 4 nitrogen and oxygen atoms in total. The first-order valence-corrected chi connectivity index (χ1v) is 8.52. The van der Waals surface area contributed by atoms with Crippen molar-refractivity contribution in [3.63, 3.8) is 0 Å². The van der Waals surface area contributed by atoms with Gasteiger partial charge in [-0.05, 0) is 30.7 Å². The predicted molar refractivity (Wildman–Crippen MR) is 91.6 cm³/mol. The molecule has 116 valence electrons. The largest absolute Gasteiger partial charge is 0.457 e. The van der Waals surface area contributed by atoms with Crippen LogP contribution >= 0.6 is 22.9 Å². The number of aromatic nitrogens is 1. The average molecular weight is 345 g/mol. The molecule has 6 heteroatoms. The fourth-order valence-corrected chi connectivity index (χ4v) is 3.78. The number of furan rings is 1. The summed E-state index contributed by atoms with van der Waals surface area (Å²) in [4.78, 5) is 17.6. The monoisotopic (exact) mass is 344 g/mol. The van der Waals surface area contributed by atoms with Crippen molar-refractivity contribution in [1.29, 1.82) is 0 Å². The maximum Gasteiger partial charge on any atom is 0.270 e. The third-order valence-corrected chi connectivity index (χ3v) is 4.96. The van der Waals surface area contributed by atoms with E-state index in [1.54, 1.807) is 10.6 Å². The van der Waals surface area contributed by atoms with Crippen molar-refractivity contribution in [3.8, 4) is 11.3 Å². The number of fused-ring (bicyclic) bond motifs is 1. The van der Waals surface area contributed by atoms with Gasteiger partial charge in [0.2, 0.25) is 0 Å². The summed E-state index contributed by atoms with van der Waals surface area (Å²) in [6, 6.07) is 11.2. The number of thiazole rings is 1. The SMILES string of the molecule is O=c1/c(=C/c2ccc(-c3cccc(Cl)c3)o2)sc2n1CCCN=2. The van der Waals surface area contributed by atoms with Gasteiger partial charge in [-0.3, -0.25) is 14.4 Å². The van der Waals surface area contributed by atoms with Gasteiger partial charge in [-0.1, -0.05) is 35.1 Å². The lowest BCUT2D eigenvalue weighted by Crippen LogP contribution is -2.33. The van der Waals surface area contributed by atoms with E-state index in [0.29, 0.717) is 15.3 Å².